The minimum atomic E-state index is 0.664. The zero-order valence-electron chi connectivity index (χ0n) is 17.5. The molecule has 1 N–H and O–H groups in total. The number of piperidine rings is 1. The predicted molar refractivity (Wildman–Crippen MR) is 121 cm³/mol. The van der Waals surface area contributed by atoms with Gasteiger partial charge in [0, 0.05) is 57.7 Å². The van der Waals surface area contributed by atoms with E-state index in [1.165, 1.54) is 24.9 Å². The van der Waals surface area contributed by atoms with E-state index in [2.05, 4.69) is 54.1 Å². The smallest absolute Gasteiger partial charge is 0.182 e. The number of hydrogen-bond donors (Lipinski definition) is 1. The van der Waals surface area contributed by atoms with Gasteiger partial charge in [-0.25, -0.2) is 19.9 Å². The molecule has 0 aromatic carbocycles. The molecule has 5 rings (SSSR count). The summed E-state index contributed by atoms with van der Waals surface area (Å²) in [6.45, 7) is 6.32. The highest BCUT2D eigenvalue weighted by Crippen LogP contribution is 2.29. The lowest BCUT2D eigenvalue weighted by molar-refractivity contribution is 0.313. The number of nitrogens with zero attached hydrogens (tertiary/aromatic N) is 7. The summed E-state index contributed by atoms with van der Waals surface area (Å²) in [6, 6.07) is 6.26. The van der Waals surface area contributed by atoms with Crippen LogP contribution in [0.3, 0.4) is 0 Å². The summed E-state index contributed by atoms with van der Waals surface area (Å²) in [7, 11) is 2.17. The molecule has 8 heteroatoms. The number of rotatable bonds is 4. The maximum atomic E-state index is 4.76. The third-order valence-electron chi connectivity index (χ3n) is 5.99. The molecule has 0 aliphatic carbocycles. The fourth-order valence-corrected chi connectivity index (χ4v) is 4.17. The molecule has 0 radical (unpaired) electrons. The monoisotopic (exact) mass is 404 g/mol. The molecular weight excluding hydrogens is 376 g/mol. The second kappa shape index (κ2) is 8.39. The van der Waals surface area contributed by atoms with Gasteiger partial charge < -0.3 is 20.0 Å². The van der Waals surface area contributed by atoms with Crippen molar-refractivity contribution in [2.75, 3.05) is 61.4 Å². The molecule has 2 aliphatic heterocycles. The lowest BCUT2D eigenvalue weighted by Crippen LogP contribution is -2.44. The van der Waals surface area contributed by atoms with Crippen molar-refractivity contribution in [2.45, 2.75) is 19.3 Å². The minimum absolute atomic E-state index is 0.664. The average molecular weight is 405 g/mol. The van der Waals surface area contributed by atoms with Crippen molar-refractivity contribution in [3.63, 3.8) is 0 Å². The second-order valence-corrected chi connectivity index (χ2v) is 8.12. The molecule has 2 fully saturated rings. The molecule has 3 aromatic rings. The summed E-state index contributed by atoms with van der Waals surface area (Å²) in [4.78, 5) is 25.5. The van der Waals surface area contributed by atoms with E-state index in [4.69, 9.17) is 4.98 Å². The number of nitrogens with one attached hydrogen (secondary N) is 1. The maximum Gasteiger partial charge on any atom is 0.182 e. The van der Waals surface area contributed by atoms with Crippen LogP contribution in [0.4, 0.5) is 23.0 Å². The van der Waals surface area contributed by atoms with Crippen LogP contribution in [0.2, 0.25) is 0 Å². The Kier molecular flexibility index (Phi) is 5.31. The highest BCUT2D eigenvalue weighted by atomic mass is 15.3. The van der Waals surface area contributed by atoms with Gasteiger partial charge in [-0.1, -0.05) is 0 Å². The standard InChI is InChI=1S/C22H28N8/c1-28-11-13-29(14-12-28)17-5-6-19(25-16-17)26-18-15-20(30-9-3-2-4-10-30)27-22-21(18)23-7-8-24-22/h5-8,15-16H,2-4,9-14H2,1H3,(H,24,25,26,27). The van der Waals surface area contributed by atoms with Crippen LogP contribution in [0.5, 0.6) is 0 Å². The number of pyridine rings is 2. The van der Waals surface area contributed by atoms with Crippen LogP contribution >= 0.6 is 0 Å². The Balaban J connectivity index is 1.40. The average Bonchev–Trinajstić information content (AvgIpc) is 2.81. The number of hydrogen-bond acceptors (Lipinski definition) is 8. The Labute approximate surface area is 177 Å². The number of likely N-dealkylation sites (N-methyl/N-ethyl adjacent to an activating group) is 1. The third kappa shape index (κ3) is 4.00. The SMILES string of the molecule is CN1CCN(c2ccc(Nc3cc(N4CCCCC4)nc4nccnc34)nc2)CC1. The first-order valence-electron chi connectivity index (χ1n) is 10.8. The van der Waals surface area contributed by atoms with E-state index >= 15 is 0 Å². The Morgan fingerprint density at radius 2 is 1.63 bits per heavy atom. The predicted octanol–water partition coefficient (Wildman–Crippen LogP) is 2.91. The number of fused-ring (bicyclic) bond motifs is 1. The Morgan fingerprint density at radius 3 is 2.40 bits per heavy atom. The van der Waals surface area contributed by atoms with Gasteiger partial charge in [-0.2, -0.15) is 0 Å². The number of piperazine rings is 1. The van der Waals surface area contributed by atoms with Crippen LogP contribution in [0.1, 0.15) is 19.3 Å². The van der Waals surface area contributed by atoms with Gasteiger partial charge in [0.25, 0.3) is 0 Å². The minimum Gasteiger partial charge on any atom is -0.368 e. The number of anilines is 4. The Morgan fingerprint density at radius 1 is 0.833 bits per heavy atom. The second-order valence-electron chi connectivity index (χ2n) is 8.12. The fraction of sp³-hybridized carbons (Fsp3) is 0.455. The van der Waals surface area contributed by atoms with Gasteiger partial charge in [0.05, 0.1) is 17.6 Å². The maximum absolute atomic E-state index is 4.76. The van der Waals surface area contributed by atoms with Gasteiger partial charge in [-0.15, -0.1) is 0 Å². The zero-order valence-corrected chi connectivity index (χ0v) is 17.5. The van der Waals surface area contributed by atoms with Gasteiger partial charge in [0.1, 0.15) is 17.2 Å². The van der Waals surface area contributed by atoms with E-state index in [0.717, 1.165) is 62.1 Å². The van der Waals surface area contributed by atoms with Gasteiger partial charge in [0.2, 0.25) is 0 Å². The van der Waals surface area contributed by atoms with Crippen LogP contribution in [0.15, 0.2) is 36.8 Å². The van der Waals surface area contributed by atoms with E-state index < -0.39 is 0 Å². The quantitative estimate of drug-likeness (QED) is 0.712. The first-order chi connectivity index (χ1) is 14.8. The highest BCUT2D eigenvalue weighted by Gasteiger charge is 2.17. The lowest BCUT2D eigenvalue weighted by Gasteiger charge is -2.33. The summed E-state index contributed by atoms with van der Waals surface area (Å²) >= 11 is 0. The molecule has 0 bridgehead atoms. The van der Waals surface area contributed by atoms with Crippen molar-refractivity contribution in [1.82, 2.24) is 24.8 Å². The third-order valence-corrected chi connectivity index (χ3v) is 5.99. The van der Waals surface area contributed by atoms with E-state index in [-0.39, 0.29) is 0 Å². The molecule has 0 atom stereocenters. The van der Waals surface area contributed by atoms with Gasteiger partial charge in [-0.05, 0) is 38.4 Å². The molecule has 8 nitrogen and oxygen atoms in total. The first kappa shape index (κ1) is 19.0. The van der Waals surface area contributed by atoms with Crippen molar-refractivity contribution < 1.29 is 0 Å². The van der Waals surface area contributed by atoms with Crippen molar-refractivity contribution in [2.24, 2.45) is 0 Å². The molecule has 2 saturated heterocycles. The molecule has 0 unspecified atom stereocenters. The van der Waals surface area contributed by atoms with Crippen LogP contribution in [0, 0.1) is 0 Å². The van der Waals surface area contributed by atoms with Crippen molar-refractivity contribution >= 4 is 34.2 Å². The molecule has 5 heterocycles. The van der Waals surface area contributed by atoms with E-state index in [0.29, 0.717) is 5.65 Å². The normalized spacial score (nSPS) is 18.0. The Bertz CT molecular complexity index is 992. The van der Waals surface area contributed by atoms with Crippen molar-refractivity contribution in [1.29, 1.82) is 0 Å². The van der Waals surface area contributed by atoms with Crippen LogP contribution in [-0.2, 0) is 0 Å². The van der Waals surface area contributed by atoms with E-state index in [1.54, 1.807) is 12.4 Å². The topological polar surface area (TPSA) is 73.3 Å². The van der Waals surface area contributed by atoms with Gasteiger partial charge in [0.15, 0.2) is 5.65 Å². The van der Waals surface area contributed by atoms with E-state index in [1.807, 2.05) is 12.3 Å². The Hall–Kier alpha value is -3.00. The summed E-state index contributed by atoms with van der Waals surface area (Å²) in [6.07, 6.45) is 9.06. The molecule has 0 spiro atoms. The molecule has 2 aliphatic rings. The molecular formula is C22H28N8. The van der Waals surface area contributed by atoms with Crippen LogP contribution < -0.4 is 15.1 Å². The van der Waals surface area contributed by atoms with E-state index in [9.17, 15) is 0 Å². The summed E-state index contributed by atoms with van der Waals surface area (Å²) in [5.41, 5.74) is 3.50. The van der Waals surface area contributed by atoms with Crippen LogP contribution in [-0.4, -0.2) is 71.2 Å². The van der Waals surface area contributed by atoms with Crippen molar-refractivity contribution in [3.05, 3.63) is 36.8 Å². The zero-order chi connectivity index (χ0) is 20.3. The summed E-state index contributed by atoms with van der Waals surface area (Å²) < 4.78 is 0. The molecule has 156 valence electrons. The van der Waals surface area contributed by atoms with Crippen molar-refractivity contribution in [3.8, 4) is 0 Å². The highest BCUT2D eigenvalue weighted by molar-refractivity contribution is 5.89. The largest absolute Gasteiger partial charge is 0.368 e. The van der Waals surface area contributed by atoms with Crippen LogP contribution in [0.25, 0.3) is 11.2 Å². The van der Waals surface area contributed by atoms with Gasteiger partial charge in [-0.3, -0.25) is 0 Å². The molecule has 0 saturated carbocycles. The fourth-order valence-electron chi connectivity index (χ4n) is 4.17. The summed E-state index contributed by atoms with van der Waals surface area (Å²) in [5, 5.41) is 3.46. The van der Waals surface area contributed by atoms with Gasteiger partial charge >= 0.3 is 0 Å². The summed E-state index contributed by atoms with van der Waals surface area (Å²) in [5.74, 6) is 1.76. The molecule has 3 aromatic heterocycles. The molecule has 0 amide bonds. The molecule has 30 heavy (non-hydrogen) atoms. The number of aromatic nitrogens is 4. The lowest BCUT2D eigenvalue weighted by atomic mass is 10.1. The first-order valence-corrected chi connectivity index (χ1v) is 10.8.